The highest BCUT2D eigenvalue weighted by Gasteiger charge is 2.21. The van der Waals surface area contributed by atoms with Crippen molar-refractivity contribution in [3.63, 3.8) is 0 Å². The van der Waals surface area contributed by atoms with E-state index >= 15 is 0 Å². The first-order chi connectivity index (χ1) is 14.1. The number of imidazole rings is 1. The fourth-order valence-corrected chi connectivity index (χ4v) is 4.61. The first-order valence-corrected chi connectivity index (χ1v) is 10.9. The molecule has 0 saturated heterocycles. The lowest BCUT2D eigenvalue weighted by atomic mass is 9.87. The fraction of sp³-hybridized carbons (Fsp3) is 0.440. The molecule has 29 heavy (non-hydrogen) atoms. The van der Waals surface area contributed by atoms with Crippen LogP contribution in [-0.4, -0.2) is 15.5 Å². The Labute approximate surface area is 173 Å². The summed E-state index contributed by atoms with van der Waals surface area (Å²) in [5.41, 5.74) is 3.88. The third-order valence-corrected chi connectivity index (χ3v) is 6.29. The van der Waals surface area contributed by atoms with Crippen LogP contribution < -0.4 is 5.32 Å². The van der Waals surface area contributed by atoms with Gasteiger partial charge in [0.1, 0.15) is 5.82 Å². The molecule has 1 unspecified atom stereocenters. The molecule has 0 bridgehead atoms. The van der Waals surface area contributed by atoms with Crippen LogP contribution in [0.4, 0.5) is 0 Å². The summed E-state index contributed by atoms with van der Waals surface area (Å²) in [5.74, 6) is 1.72. The number of nitrogens with one attached hydrogen (secondary N) is 1. The zero-order chi connectivity index (χ0) is 20.2. The van der Waals surface area contributed by atoms with Gasteiger partial charge in [0, 0.05) is 12.1 Å². The Hall–Kier alpha value is -2.62. The molecule has 4 nitrogen and oxygen atoms in total. The summed E-state index contributed by atoms with van der Waals surface area (Å²) < 4.78 is 2.33. The number of carbonyl (C=O) groups is 1. The Morgan fingerprint density at radius 3 is 2.62 bits per heavy atom. The Morgan fingerprint density at radius 2 is 1.83 bits per heavy atom. The minimum absolute atomic E-state index is 0.0403. The highest BCUT2D eigenvalue weighted by atomic mass is 16.1. The van der Waals surface area contributed by atoms with E-state index in [-0.39, 0.29) is 11.9 Å². The van der Waals surface area contributed by atoms with E-state index in [0.717, 1.165) is 40.4 Å². The first-order valence-electron chi connectivity index (χ1n) is 10.9. The highest BCUT2D eigenvalue weighted by Crippen LogP contribution is 2.29. The summed E-state index contributed by atoms with van der Waals surface area (Å²) in [6.45, 7) is 4.97. The van der Waals surface area contributed by atoms with Crippen LogP contribution in [0.15, 0.2) is 48.5 Å². The van der Waals surface area contributed by atoms with Crippen LogP contribution in [0.25, 0.3) is 11.0 Å². The molecule has 1 atom stereocenters. The second-order valence-electron chi connectivity index (χ2n) is 8.41. The Balaban J connectivity index is 1.56. The van der Waals surface area contributed by atoms with E-state index in [4.69, 9.17) is 4.98 Å². The number of aryl methyl sites for hydroxylation is 2. The van der Waals surface area contributed by atoms with Crippen LogP contribution in [0, 0.1) is 12.8 Å². The molecule has 1 aliphatic rings. The van der Waals surface area contributed by atoms with Gasteiger partial charge in [0.25, 0.3) is 5.91 Å². The summed E-state index contributed by atoms with van der Waals surface area (Å²) in [6, 6.07) is 15.9. The van der Waals surface area contributed by atoms with E-state index in [9.17, 15) is 4.79 Å². The topological polar surface area (TPSA) is 46.9 Å². The SMILES string of the molecule is Cc1ccccc1C(=O)NC(C)c1nc2ccccc2n1CCC1CCCCC1. The number of amides is 1. The number of para-hydroxylation sites is 2. The van der Waals surface area contributed by atoms with Crippen molar-refractivity contribution in [1.82, 2.24) is 14.9 Å². The molecule has 4 rings (SSSR count). The van der Waals surface area contributed by atoms with Crippen LogP contribution >= 0.6 is 0 Å². The van der Waals surface area contributed by atoms with Crippen LogP contribution in [0.3, 0.4) is 0 Å². The van der Waals surface area contributed by atoms with Gasteiger partial charge in [0.15, 0.2) is 0 Å². The van der Waals surface area contributed by atoms with Crippen LogP contribution in [0.2, 0.25) is 0 Å². The zero-order valence-corrected chi connectivity index (χ0v) is 17.5. The Bertz CT molecular complexity index is 985. The molecule has 1 heterocycles. The van der Waals surface area contributed by atoms with Crippen molar-refractivity contribution >= 4 is 16.9 Å². The molecule has 1 aromatic heterocycles. The second-order valence-corrected chi connectivity index (χ2v) is 8.41. The summed E-state index contributed by atoms with van der Waals surface area (Å²) in [6.07, 6.45) is 8.00. The molecule has 1 fully saturated rings. The molecule has 1 amide bonds. The van der Waals surface area contributed by atoms with E-state index in [1.165, 1.54) is 38.5 Å². The molecule has 1 saturated carbocycles. The van der Waals surface area contributed by atoms with Crippen molar-refractivity contribution in [2.24, 2.45) is 5.92 Å². The van der Waals surface area contributed by atoms with Crippen molar-refractivity contribution in [3.05, 3.63) is 65.5 Å². The zero-order valence-electron chi connectivity index (χ0n) is 17.5. The van der Waals surface area contributed by atoms with Gasteiger partial charge in [-0.1, -0.05) is 62.4 Å². The number of rotatable bonds is 6. The monoisotopic (exact) mass is 389 g/mol. The number of nitrogens with zero attached hydrogens (tertiary/aromatic N) is 2. The molecular weight excluding hydrogens is 358 g/mol. The van der Waals surface area contributed by atoms with Crippen molar-refractivity contribution < 1.29 is 4.79 Å². The molecule has 2 aromatic carbocycles. The maximum absolute atomic E-state index is 12.8. The molecule has 4 heteroatoms. The molecular formula is C25H31N3O. The molecule has 152 valence electrons. The van der Waals surface area contributed by atoms with E-state index in [2.05, 4.69) is 28.1 Å². The van der Waals surface area contributed by atoms with E-state index in [0.29, 0.717) is 0 Å². The van der Waals surface area contributed by atoms with Gasteiger partial charge >= 0.3 is 0 Å². The van der Waals surface area contributed by atoms with Gasteiger partial charge in [-0.05, 0) is 49.9 Å². The lowest BCUT2D eigenvalue weighted by Crippen LogP contribution is -2.29. The van der Waals surface area contributed by atoms with Gasteiger partial charge < -0.3 is 9.88 Å². The lowest BCUT2D eigenvalue weighted by Gasteiger charge is -2.23. The predicted molar refractivity (Wildman–Crippen MR) is 118 cm³/mol. The highest BCUT2D eigenvalue weighted by molar-refractivity contribution is 5.95. The maximum Gasteiger partial charge on any atom is 0.252 e. The van der Waals surface area contributed by atoms with Gasteiger partial charge in [-0.25, -0.2) is 4.98 Å². The van der Waals surface area contributed by atoms with Crippen molar-refractivity contribution in [3.8, 4) is 0 Å². The summed E-state index contributed by atoms with van der Waals surface area (Å²) in [4.78, 5) is 17.7. The summed E-state index contributed by atoms with van der Waals surface area (Å²) in [7, 11) is 0. The normalized spacial score (nSPS) is 16.1. The molecule has 1 N–H and O–H groups in total. The van der Waals surface area contributed by atoms with Crippen molar-refractivity contribution in [2.45, 2.75) is 65.0 Å². The second kappa shape index (κ2) is 8.81. The standard InChI is InChI=1S/C25H31N3O/c1-18-10-6-7-13-21(18)25(29)26-19(2)24-27-22-14-8-9-15-23(22)28(24)17-16-20-11-4-3-5-12-20/h6-10,13-15,19-20H,3-5,11-12,16-17H2,1-2H3,(H,26,29). The Morgan fingerprint density at radius 1 is 1.10 bits per heavy atom. The van der Waals surface area contributed by atoms with E-state index in [1.54, 1.807) is 0 Å². The van der Waals surface area contributed by atoms with Gasteiger partial charge in [-0.2, -0.15) is 0 Å². The first kappa shape index (κ1) is 19.7. The smallest absolute Gasteiger partial charge is 0.252 e. The maximum atomic E-state index is 12.8. The summed E-state index contributed by atoms with van der Waals surface area (Å²) >= 11 is 0. The van der Waals surface area contributed by atoms with Gasteiger partial charge in [-0.15, -0.1) is 0 Å². The molecule has 3 aromatic rings. The largest absolute Gasteiger partial charge is 0.342 e. The van der Waals surface area contributed by atoms with E-state index < -0.39 is 0 Å². The molecule has 0 spiro atoms. The molecule has 0 radical (unpaired) electrons. The average Bonchev–Trinajstić information content (AvgIpc) is 3.12. The third kappa shape index (κ3) is 4.36. The minimum atomic E-state index is -0.152. The molecule has 0 aliphatic heterocycles. The van der Waals surface area contributed by atoms with Crippen LogP contribution in [-0.2, 0) is 6.54 Å². The van der Waals surface area contributed by atoms with Gasteiger partial charge in [0.2, 0.25) is 0 Å². The average molecular weight is 390 g/mol. The molecule has 1 aliphatic carbocycles. The third-order valence-electron chi connectivity index (χ3n) is 6.29. The quantitative estimate of drug-likeness (QED) is 0.578. The number of hydrogen-bond donors (Lipinski definition) is 1. The van der Waals surface area contributed by atoms with Crippen LogP contribution in [0.5, 0.6) is 0 Å². The van der Waals surface area contributed by atoms with E-state index in [1.807, 2.05) is 44.2 Å². The minimum Gasteiger partial charge on any atom is -0.342 e. The lowest BCUT2D eigenvalue weighted by molar-refractivity contribution is 0.0937. The fourth-order valence-electron chi connectivity index (χ4n) is 4.61. The number of aromatic nitrogens is 2. The van der Waals surface area contributed by atoms with Crippen molar-refractivity contribution in [2.75, 3.05) is 0 Å². The number of benzene rings is 2. The number of fused-ring (bicyclic) bond motifs is 1. The van der Waals surface area contributed by atoms with Crippen molar-refractivity contribution in [1.29, 1.82) is 0 Å². The predicted octanol–water partition coefficient (Wildman–Crippen LogP) is 5.81. The summed E-state index contributed by atoms with van der Waals surface area (Å²) in [5, 5.41) is 3.17. The van der Waals surface area contributed by atoms with Crippen LogP contribution in [0.1, 0.15) is 73.2 Å². The Kier molecular flexibility index (Phi) is 5.98. The number of carbonyl (C=O) groups excluding carboxylic acids is 1. The van der Waals surface area contributed by atoms with Gasteiger partial charge in [-0.3, -0.25) is 4.79 Å². The number of hydrogen-bond acceptors (Lipinski definition) is 2. The van der Waals surface area contributed by atoms with Gasteiger partial charge in [0.05, 0.1) is 17.1 Å².